The molecular formula is C16H17FN4O3S. The molecule has 3 aromatic rings. The highest BCUT2D eigenvalue weighted by Gasteiger charge is 2.26. The lowest BCUT2D eigenvalue weighted by Gasteiger charge is -2.08. The predicted molar refractivity (Wildman–Crippen MR) is 90.1 cm³/mol. The second kappa shape index (κ2) is 6.32. The van der Waals surface area contributed by atoms with Crippen LogP contribution in [0.2, 0.25) is 0 Å². The molecule has 1 aromatic carbocycles. The van der Waals surface area contributed by atoms with Crippen molar-refractivity contribution in [3.05, 3.63) is 47.2 Å². The smallest absolute Gasteiger partial charge is 0.264 e. The molecule has 0 fully saturated rings. The van der Waals surface area contributed by atoms with Crippen molar-refractivity contribution >= 4 is 15.7 Å². The van der Waals surface area contributed by atoms with Crippen molar-refractivity contribution in [2.24, 2.45) is 0 Å². The van der Waals surface area contributed by atoms with E-state index in [0.29, 0.717) is 29.3 Å². The quantitative estimate of drug-likeness (QED) is 0.724. The summed E-state index contributed by atoms with van der Waals surface area (Å²) in [7, 11) is -3.87. The first-order chi connectivity index (χ1) is 11.8. The Morgan fingerprint density at radius 3 is 2.48 bits per heavy atom. The van der Waals surface area contributed by atoms with Crippen LogP contribution in [0.15, 0.2) is 33.6 Å². The minimum atomic E-state index is -3.87. The summed E-state index contributed by atoms with van der Waals surface area (Å²) in [5.41, 5.74) is 1.65. The van der Waals surface area contributed by atoms with Crippen LogP contribution >= 0.6 is 0 Å². The summed E-state index contributed by atoms with van der Waals surface area (Å²) in [6.45, 7) is 5.19. The van der Waals surface area contributed by atoms with Crippen LogP contribution in [0, 0.1) is 19.7 Å². The second-order valence-corrected chi connectivity index (χ2v) is 7.17. The van der Waals surface area contributed by atoms with Crippen LogP contribution in [0.4, 0.5) is 10.1 Å². The van der Waals surface area contributed by atoms with Crippen molar-refractivity contribution in [3.8, 4) is 11.6 Å². The van der Waals surface area contributed by atoms with Gasteiger partial charge in [0, 0.05) is 23.4 Å². The zero-order chi connectivity index (χ0) is 18.2. The summed E-state index contributed by atoms with van der Waals surface area (Å²) in [6.07, 6.45) is 0.586. The fourth-order valence-electron chi connectivity index (χ4n) is 2.57. The van der Waals surface area contributed by atoms with Crippen LogP contribution in [-0.2, 0) is 16.4 Å². The maximum Gasteiger partial charge on any atom is 0.264 e. The maximum absolute atomic E-state index is 13.0. The first kappa shape index (κ1) is 17.2. The number of H-pyrrole nitrogens is 1. The standard InChI is InChI=1S/C16H17FN4O3S/c1-4-13-19-20-16(24-13)14-9(2)15(10(3)18-14)25(22,23)21-12-7-5-11(17)6-8-12/h5-8,18,21H,4H2,1-3H3. The van der Waals surface area contributed by atoms with Crippen LogP contribution < -0.4 is 4.72 Å². The van der Waals surface area contributed by atoms with E-state index in [1.165, 1.54) is 24.3 Å². The van der Waals surface area contributed by atoms with Gasteiger partial charge in [0.15, 0.2) is 0 Å². The van der Waals surface area contributed by atoms with Gasteiger partial charge < -0.3 is 9.40 Å². The molecule has 2 heterocycles. The van der Waals surface area contributed by atoms with Crippen molar-refractivity contribution < 1.29 is 17.2 Å². The number of hydrogen-bond acceptors (Lipinski definition) is 5. The Hall–Kier alpha value is -2.68. The van der Waals surface area contributed by atoms with Crippen LogP contribution in [0.25, 0.3) is 11.6 Å². The lowest BCUT2D eigenvalue weighted by Crippen LogP contribution is -2.14. The lowest BCUT2D eigenvalue weighted by atomic mass is 10.2. The summed E-state index contributed by atoms with van der Waals surface area (Å²) in [5, 5.41) is 7.84. The number of aryl methyl sites for hydroxylation is 2. The molecule has 0 bridgehead atoms. The van der Waals surface area contributed by atoms with Crippen molar-refractivity contribution in [1.29, 1.82) is 0 Å². The number of sulfonamides is 1. The van der Waals surface area contributed by atoms with Crippen molar-refractivity contribution in [3.63, 3.8) is 0 Å². The van der Waals surface area contributed by atoms with Crippen molar-refractivity contribution in [1.82, 2.24) is 15.2 Å². The summed E-state index contributed by atoms with van der Waals surface area (Å²) >= 11 is 0. The normalized spacial score (nSPS) is 11.7. The van der Waals surface area contributed by atoms with Gasteiger partial charge in [0.25, 0.3) is 15.9 Å². The van der Waals surface area contributed by atoms with E-state index in [1.54, 1.807) is 13.8 Å². The molecule has 9 heteroatoms. The number of hydrogen-bond donors (Lipinski definition) is 2. The second-order valence-electron chi connectivity index (χ2n) is 5.55. The predicted octanol–water partition coefficient (Wildman–Crippen LogP) is 3.18. The summed E-state index contributed by atoms with van der Waals surface area (Å²) in [4.78, 5) is 3.09. The van der Waals surface area contributed by atoms with Crippen molar-refractivity contribution in [2.45, 2.75) is 32.1 Å². The molecule has 7 nitrogen and oxygen atoms in total. The minimum absolute atomic E-state index is 0.100. The van der Waals surface area contributed by atoms with Crippen LogP contribution in [-0.4, -0.2) is 23.6 Å². The Labute approximate surface area is 144 Å². The van der Waals surface area contributed by atoms with E-state index in [2.05, 4.69) is 19.9 Å². The molecule has 0 aliphatic heterocycles. The third-order valence-electron chi connectivity index (χ3n) is 3.72. The average molecular weight is 364 g/mol. The number of halogens is 1. The average Bonchev–Trinajstić information content (AvgIpc) is 3.13. The molecule has 0 spiro atoms. The molecule has 0 saturated carbocycles. The number of rotatable bonds is 5. The summed E-state index contributed by atoms with van der Waals surface area (Å²) < 4.78 is 46.4. The van der Waals surface area contributed by atoms with Crippen LogP contribution in [0.3, 0.4) is 0 Å². The van der Waals surface area contributed by atoms with Gasteiger partial charge in [-0.05, 0) is 38.1 Å². The maximum atomic E-state index is 13.0. The van der Waals surface area contributed by atoms with Gasteiger partial charge in [-0.2, -0.15) is 0 Å². The first-order valence-corrected chi connectivity index (χ1v) is 9.10. The largest absolute Gasteiger partial charge is 0.419 e. The van der Waals surface area contributed by atoms with E-state index >= 15 is 0 Å². The molecule has 0 aliphatic carbocycles. The number of nitrogens with zero attached hydrogens (tertiary/aromatic N) is 2. The third-order valence-corrected chi connectivity index (χ3v) is 5.37. The zero-order valence-corrected chi connectivity index (χ0v) is 14.7. The number of benzene rings is 1. The summed E-state index contributed by atoms with van der Waals surface area (Å²) in [6, 6.07) is 5.09. The zero-order valence-electron chi connectivity index (χ0n) is 13.9. The fraction of sp³-hybridized carbons (Fsp3) is 0.250. The van der Waals surface area contributed by atoms with Gasteiger partial charge in [-0.1, -0.05) is 6.92 Å². The highest BCUT2D eigenvalue weighted by molar-refractivity contribution is 7.92. The molecule has 0 atom stereocenters. The number of aromatic nitrogens is 3. The Morgan fingerprint density at radius 2 is 1.88 bits per heavy atom. The van der Waals surface area contributed by atoms with Gasteiger partial charge in [0.1, 0.15) is 16.4 Å². The van der Waals surface area contributed by atoms with E-state index in [9.17, 15) is 12.8 Å². The SMILES string of the molecule is CCc1nnc(-c2[nH]c(C)c(S(=O)(=O)Nc3ccc(F)cc3)c2C)o1. The molecule has 0 radical (unpaired) electrons. The van der Waals surface area contributed by atoms with E-state index < -0.39 is 15.8 Å². The molecular weight excluding hydrogens is 347 g/mol. The number of nitrogens with one attached hydrogen (secondary N) is 2. The molecule has 132 valence electrons. The highest BCUT2D eigenvalue weighted by atomic mass is 32.2. The van der Waals surface area contributed by atoms with Gasteiger partial charge in [-0.3, -0.25) is 4.72 Å². The van der Waals surface area contributed by atoms with Gasteiger partial charge >= 0.3 is 0 Å². The fourth-order valence-corrected chi connectivity index (χ4v) is 4.08. The molecule has 2 N–H and O–H groups in total. The molecule has 0 saturated heterocycles. The molecule has 25 heavy (non-hydrogen) atoms. The van der Waals surface area contributed by atoms with E-state index in [4.69, 9.17) is 4.42 Å². The summed E-state index contributed by atoms with van der Waals surface area (Å²) in [5.74, 6) is 0.263. The molecule has 0 aliphatic rings. The van der Waals surface area contributed by atoms with Gasteiger partial charge in [0.2, 0.25) is 5.89 Å². The first-order valence-electron chi connectivity index (χ1n) is 7.62. The molecule has 0 unspecified atom stereocenters. The Kier molecular flexibility index (Phi) is 4.34. The molecule has 2 aromatic heterocycles. The number of aromatic amines is 1. The number of anilines is 1. The van der Waals surface area contributed by atoms with E-state index in [-0.39, 0.29) is 16.5 Å². The van der Waals surface area contributed by atoms with Crippen molar-refractivity contribution in [2.75, 3.05) is 4.72 Å². The molecule has 0 amide bonds. The highest BCUT2D eigenvalue weighted by Crippen LogP contribution is 2.31. The minimum Gasteiger partial charge on any atom is -0.419 e. The van der Waals surface area contributed by atoms with E-state index in [0.717, 1.165) is 0 Å². The van der Waals surface area contributed by atoms with E-state index in [1.807, 2.05) is 6.92 Å². The molecule has 3 rings (SSSR count). The van der Waals surface area contributed by atoms with Gasteiger partial charge in [0.05, 0.1) is 0 Å². The third kappa shape index (κ3) is 3.27. The lowest BCUT2D eigenvalue weighted by molar-refractivity contribution is 0.511. The van der Waals surface area contributed by atoms with Crippen LogP contribution in [0.5, 0.6) is 0 Å². The Bertz CT molecular complexity index is 1010. The topological polar surface area (TPSA) is 101 Å². The van der Waals surface area contributed by atoms with Gasteiger partial charge in [-0.25, -0.2) is 12.8 Å². The van der Waals surface area contributed by atoms with Gasteiger partial charge in [-0.15, -0.1) is 10.2 Å². The Balaban J connectivity index is 2.00. The van der Waals surface area contributed by atoms with Crippen LogP contribution in [0.1, 0.15) is 24.1 Å². The Morgan fingerprint density at radius 1 is 1.20 bits per heavy atom. The monoisotopic (exact) mass is 364 g/mol.